The quantitative estimate of drug-likeness (QED) is 0.626. The van der Waals surface area contributed by atoms with Crippen LogP contribution in [0.5, 0.6) is 0 Å². The number of aromatic nitrogens is 4. The fraction of sp³-hybridized carbons (Fsp3) is 0.450. The number of anilines is 2. The van der Waals surface area contributed by atoms with E-state index in [1.807, 2.05) is 26.8 Å². The van der Waals surface area contributed by atoms with E-state index in [9.17, 15) is 9.90 Å². The second-order valence-electron chi connectivity index (χ2n) is 7.89. The number of carbonyl (C=O) groups is 1. The molecule has 2 N–H and O–H groups in total. The average molecular weight is 427 g/mol. The summed E-state index contributed by atoms with van der Waals surface area (Å²) < 4.78 is 10.4. The molecule has 0 aliphatic carbocycles. The summed E-state index contributed by atoms with van der Waals surface area (Å²) in [5.41, 5.74) is 5.18. The van der Waals surface area contributed by atoms with Crippen molar-refractivity contribution in [2.45, 2.75) is 40.3 Å². The monoisotopic (exact) mass is 427 g/mol. The van der Waals surface area contributed by atoms with E-state index in [1.54, 1.807) is 6.92 Å². The Balaban J connectivity index is 1.50. The molecule has 31 heavy (non-hydrogen) atoms. The van der Waals surface area contributed by atoms with Gasteiger partial charge < -0.3 is 19.7 Å². The minimum atomic E-state index is -0.860. The number of hydrogen-bond acceptors (Lipinski definition) is 9. The Morgan fingerprint density at radius 3 is 2.71 bits per heavy atom. The number of amides is 1. The lowest BCUT2D eigenvalue weighted by Crippen LogP contribution is -2.53. The smallest absolute Gasteiger partial charge is 0.407 e. The predicted octanol–water partition coefficient (Wildman–Crippen LogP) is 2.97. The molecule has 0 radical (unpaired) electrons. The highest BCUT2D eigenvalue weighted by atomic mass is 16.6. The second-order valence-corrected chi connectivity index (χ2v) is 7.89. The minimum absolute atomic E-state index is 0.0414. The van der Waals surface area contributed by atoms with Gasteiger partial charge in [-0.05, 0) is 55.6 Å². The summed E-state index contributed by atoms with van der Waals surface area (Å²) in [5.74, 6) is 0.233. The van der Waals surface area contributed by atoms with Crippen molar-refractivity contribution in [1.29, 1.82) is 0 Å². The standard InChI is InChI=1S/C20H25N7O4/c1-11-7-15(10-26-5-6-27(20(28)29)12(2)9-26)13(3)16(8-11)21-19-23-22-18(30-19)17-14(4)24-31-25-17/h7-8,12H,5-6,9-10H2,1-4H3,(H,21,23)(H,28,29)/t12-/m0/s1. The number of rotatable bonds is 5. The third-order valence-electron chi connectivity index (χ3n) is 5.53. The minimum Gasteiger partial charge on any atom is -0.465 e. The molecule has 1 aromatic carbocycles. The van der Waals surface area contributed by atoms with E-state index in [-0.39, 0.29) is 17.9 Å². The van der Waals surface area contributed by atoms with Gasteiger partial charge in [-0.15, -0.1) is 5.10 Å². The highest BCUT2D eigenvalue weighted by Crippen LogP contribution is 2.28. The molecule has 1 saturated heterocycles. The van der Waals surface area contributed by atoms with Crippen molar-refractivity contribution < 1.29 is 18.9 Å². The van der Waals surface area contributed by atoms with Gasteiger partial charge in [0.05, 0.1) is 0 Å². The molecule has 164 valence electrons. The summed E-state index contributed by atoms with van der Waals surface area (Å²) in [6, 6.07) is 4.38. The van der Waals surface area contributed by atoms with E-state index in [0.717, 1.165) is 28.9 Å². The van der Waals surface area contributed by atoms with E-state index >= 15 is 0 Å². The summed E-state index contributed by atoms with van der Waals surface area (Å²) >= 11 is 0. The third-order valence-corrected chi connectivity index (χ3v) is 5.53. The van der Waals surface area contributed by atoms with Gasteiger partial charge in [0.1, 0.15) is 5.69 Å². The van der Waals surface area contributed by atoms with Gasteiger partial charge in [0.15, 0.2) is 5.69 Å². The van der Waals surface area contributed by atoms with Gasteiger partial charge in [-0.2, -0.15) is 0 Å². The summed E-state index contributed by atoms with van der Waals surface area (Å²) in [6.45, 7) is 10.4. The number of benzene rings is 1. The zero-order valence-corrected chi connectivity index (χ0v) is 17.9. The third kappa shape index (κ3) is 4.36. The lowest BCUT2D eigenvalue weighted by molar-refractivity contribution is 0.0710. The Labute approximate surface area is 179 Å². The van der Waals surface area contributed by atoms with Crippen LogP contribution in [0.1, 0.15) is 29.3 Å². The van der Waals surface area contributed by atoms with Gasteiger partial charge in [0.2, 0.25) is 0 Å². The van der Waals surface area contributed by atoms with Gasteiger partial charge in [-0.25, -0.2) is 9.42 Å². The van der Waals surface area contributed by atoms with Crippen molar-refractivity contribution in [1.82, 2.24) is 30.3 Å². The fourth-order valence-electron chi connectivity index (χ4n) is 3.84. The van der Waals surface area contributed by atoms with Gasteiger partial charge >= 0.3 is 12.1 Å². The molecule has 2 aromatic heterocycles. The van der Waals surface area contributed by atoms with Crippen molar-refractivity contribution in [3.05, 3.63) is 34.5 Å². The van der Waals surface area contributed by atoms with Crippen LogP contribution in [0.3, 0.4) is 0 Å². The molecule has 1 aliphatic rings. The van der Waals surface area contributed by atoms with Gasteiger partial charge in [0, 0.05) is 37.9 Å². The largest absolute Gasteiger partial charge is 0.465 e. The molecule has 11 heteroatoms. The average Bonchev–Trinajstić information content (AvgIpc) is 3.33. The van der Waals surface area contributed by atoms with Crippen molar-refractivity contribution in [2.24, 2.45) is 0 Å². The second kappa shape index (κ2) is 8.34. The first-order chi connectivity index (χ1) is 14.8. The Bertz CT molecular complexity index is 1090. The van der Waals surface area contributed by atoms with E-state index < -0.39 is 6.09 Å². The molecule has 3 heterocycles. The molecule has 1 atom stereocenters. The van der Waals surface area contributed by atoms with Crippen LogP contribution in [-0.2, 0) is 6.54 Å². The lowest BCUT2D eigenvalue weighted by Gasteiger charge is -2.38. The van der Waals surface area contributed by atoms with Crippen molar-refractivity contribution in [2.75, 3.05) is 25.0 Å². The zero-order chi connectivity index (χ0) is 22.1. The number of piperazine rings is 1. The molecule has 1 fully saturated rings. The zero-order valence-electron chi connectivity index (χ0n) is 17.9. The topological polar surface area (TPSA) is 134 Å². The Morgan fingerprint density at radius 1 is 1.23 bits per heavy atom. The predicted molar refractivity (Wildman–Crippen MR) is 111 cm³/mol. The summed E-state index contributed by atoms with van der Waals surface area (Å²) in [7, 11) is 0. The molecule has 3 aromatic rings. The van der Waals surface area contributed by atoms with Crippen LogP contribution in [0.25, 0.3) is 11.6 Å². The number of aryl methyl sites for hydroxylation is 2. The van der Waals surface area contributed by atoms with Crippen LogP contribution in [0.4, 0.5) is 16.5 Å². The summed E-state index contributed by atoms with van der Waals surface area (Å²) in [5, 5.41) is 28.1. The maximum atomic E-state index is 11.3. The molecule has 1 amide bonds. The van der Waals surface area contributed by atoms with Crippen LogP contribution < -0.4 is 5.32 Å². The molecule has 4 rings (SSSR count). The van der Waals surface area contributed by atoms with E-state index in [2.05, 4.69) is 41.4 Å². The van der Waals surface area contributed by atoms with E-state index in [1.165, 1.54) is 4.90 Å². The number of carboxylic acid groups (broad SMARTS) is 1. The van der Waals surface area contributed by atoms with Crippen molar-refractivity contribution in [3.63, 3.8) is 0 Å². The van der Waals surface area contributed by atoms with Crippen LogP contribution >= 0.6 is 0 Å². The molecule has 0 unspecified atom stereocenters. The van der Waals surface area contributed by atoms with Gasteiger partial charge in [-0.3, -0.25) is 4.90 Å². The van der Waals surface area contributed by atoms with Crippen LogP contribution in [-0.4, -0.2) is 67.2 Å². The first-order valence-corrected chi connectivity index (χ1v) is 10.0. The molecule has 0 spiro atoms. The van der Waals surface area contributed by atoms with E-state index in [4.69, 9.17) is 4.42 Å². The van der Waals surface area contributed by atoms with Crippen LogP contribution in [0.15, 0.2) is 21.2 Å². The molecule has 0 saturated carbocycles. The summed E-state index contributed by atoms with van der Waals surface area (Å²) in [4.78, 5) is 15.1. The molecular formula is C20H25N7O4. The maximum absolute atomic E-state index is 11.3. The van der Waals surface area contributed by atoms with Crippen LogP contribution in [0, 0.1) is 20.8 Å². The Hall–Kier alpha value is -3.47. The van der Waals surface area contributed by atoms with Crippen molar-refractivity contribution >= 4 is 17.8 Å². The fourth-order valence-corrected chi connectivity index (χ4v) is 3.84. The molecule has 11 nitrogen and oxygen atoms in total. The number of nitrogens with zero attached hydrogens (tertiary/aromatic N) is 6. The van der Waals surface area contributed by atoms with Crippen molar-refractivity contribution in [3.8, 4) is 11.6 Å². The number of hydrogen-bond donors (Lipinski definition) is 2. The number of nitrogens with one attached hydrogen (secondary N) is 1. The highest BCUT2D eigenvalue weighted by molar-refractivity contribution is 5.65. The lowest BCUT2D eigenvalue weighted by atomic mass is 10.0. The highest BCUT2D eigenvalue weighted by Gasteiger charge is 2.27. The first-order valence-electron chi connectivity index (χ1n) is 10.0. The van der Waals surface area contributed by atoms with E-state index in [0.29, 0.717) is 31.0 Å². The van der Waals surface area contributed by atoms with Gasteiger partial charge in [0.25, 0.3) is 5.89 Å². The van der Waals surface area contributed by atoms with Gasteiger partial charge in [-0.1, -0.05) is 16.3 Å². The SMILES string of the molecule is Cc1cc(CN2CCN(C(=O)O)[C@@H](C)C2)c(C)c(Nc2nnc(-c3nonc3C)o2)c1. The normalized spacial score (nSPS) is 17.2. The molecule has 1 aliphatic heterocycles. The molecular weight excluding hydrogens is 402 g/mol. The van der Waals surface area contributed by atoms with Crippen LogP contribution in [0.2, 0.25) is 0 Å². The molecule has 0 bridgehead atoms. The maximum Gasteiger partial charge on any atom is 0.407 e. The summed E-state index contributed by atoms with van der Waals surface area (Å²) in [6.07, 6.45) is -0.860. The Morgan fingerprint density at radius 2 is 2.03 bits per heavy atom. The first kappa shape index (κ1) is 20.8. The Kier molecular flexibility index (Phi) is 5.59.